The molecule has 0 radical (unpaired) electrons. The summed E-state index contributed by atoms with van der Waals surface area (Å²) < 4.78 is 10.3. The summed E-state index contributed by atoms with van der Waals surface area (Å²) in [6.45, 7) is 10.3. The molecular formula is C13H24N2O4. The fraction of sp³-hybridized carbons (Fsp3) is 0.846. The van der Waals surface area contributed by atoms with Gasteiger partial charge in [-0.3, -0.25) is 4.79 Å². The number of carbonyl (C=O) groups excluding carboxylic acids is 2. The third-order valence-electron chi connectivity index (χ3n) is 2.77. The van der Waals surface area contributed by atoms with Gasteiger partial charge in [0.1, 0.15) is 11.6 Å². The van der Waals surface area contributed by atoms with Gasteiger partial charge in [0, 0.05) is 12.6 Å². The molecule has 19 heavy (non-hydrogen) atoms. The standard InChI is InChI=1S/C13H24N2O4/c1-6-18-11(16)10-8-15(9(2)7-14-10)12(17)19-13(3,4)5/h9-10,14H,6-8H2,1-5H3/t9-,10+/m1/s1. The van der Waals surface area contributed by atoms with E-state index < -0.39 is 17.7 Å². The van der Waals surface area contributed by atoms with Gasteiger partial charge >= 0.3 is 12.1 Å². The molecule has 1 fully saturated rings. The molecule has 1 aliphatic heterocycles. The number of rotatable bonds is 2. The summed E-state index contributed by atoms with van der Waals surface area (Å²) in [6, 6.07) is -0.496. The van der Waals surface area contributed by atoms with Crippen molar-refractivity contribution in [1.82, 2.24) is 10.2 Å². The highest BCUT2D eigenvalue weighted by Gasteiger charge is 2.35. The van der Waals surface area contributed by atoms with Gasteiger partial charge in [-0.25, -0.2) is 4.79 Å². The van der Waals surface area contributed by atoms with Gasteiger partial charge in [0.25, 0.3) is 0 Å². The minimum absolute atomic E-state index is 0.0134. The van der Waals surface area contributed by atoms with E-state index in [1.807, 2.05) is 27.7 Å². The Balaban J connectivity index is 2.65. The van der Waals surface area contributed by atoms with Gasteiger partial charge in [-0.1, -0.05) is 0 Å². The van der Waals surface area contributed by atoms with Crippen molar-refractivity contribution >= 4 is 12.1 Å². The molecular weight excluding hydrogens is 248 g/mol. The maximum absolute atomic E-state index is 12.1. The highest BCUT2D eigenvalue weighted by atomic mass is 16.6. The van der Waals surface area contributed by atoms with Crippen molar-refractivity contribution in [1.29, 1.82) is 0 Å². The van der Waals surface area contributed by atoms with E-state index in [0.29, 0.717) is 13.2 Å². The summed E-state index contributed by atoms with van der Waals surface area (Å²) in [7, 11) is 0. The third kappa shape index (κ3) is 4.70. The Hall–Kier alpha value is -1.30. The molecule has 1 amide bonds. The number of nitrogens with zero attached hydrogens (tertiary/aromatic N) is 1. The maximum atomic E-state index is 12.1. The first kappa shape index (κ1) is 15.8. The lowest BCUT2D eigenvalue weighted by Crippen LogP contribution is -2.60. The first-order valence-electron chi connectivity index (χ1n) is 6.64. The van der Waals surface area contributed by atoms with Crippen LogP contribution in [0.4, 0.5) is 4.79 Å². The van der Waals surface area contributed by atoms with Crippen LogP contribution >= 0.6 is 0 Å². The summed E-state index contributed by atoms with van der Waals surface area (Å²) in [6.07, 6.45) is -0.393. The molecule has 0 saturated carbocycles. The van der Waals surface area contributed by atoms with Crippen molar-refractivity contribution in [2.45, 2.75) is 52.3 Å². The van der Waals surface area contributed by atoms with Crippen LogP contribution in [0.3, 0.4) is 0 Å². The van der Waals surface area contributed by atoms with Crippen LogP contribution in [0.15, 0.2) is 0 Å². The molecule has 1 saturated heterocycles. The van der Waals surface area contributed by atoms with Crippen molar-refractivity contribution in [3.8, 4) is 0 Å². The second-order valence-electron chi connectivity index (χ2n) is 5.69. The minimum atomic E-state index is -0.541. The Kier molecular flexibility index (Phi) is 5.17. The summed E-state index contributed by atoms with van der Waals surface area (Å²) in [5.74, 6) is -0.331. The first-order valence-corrected chi connectivity index (χ1v) is 6.64. The van der Waals surface area contributed by atoms with Gasteiger partial charge in [-0.15, -0.1) is 0 Å². The number of piperazine rings is 1. The van der Waals surface area contributed by atoms with Crippen LogP contribution in [0.5, 0.6) is 0 Å². The lowest BCUT2D eigenvalue weighted by atomic mass is 10.1. The van der Waals surface area contributed by atoms with Gasteiger partial charge in [0.05, 0.1) is 13.2 Å². The second-order valence-corrected chi connectivity index (χ2v) is 5.69. The van der Waals surface area contributed by atoms with Crippen LogP contribution in [0.1, 0.15) is 34.6 Å². The van der Waals surface area contributed by atoms with Crippen LogP contribution in [0.25, 0.3) is 0 Å². The quantitative estimate of drug-likeness (QED) is 0.764. The van der Waals surface area contributed by atoms with Crippen LogP contribution < -0.4 is 5.32 Å². The zero-order chi connectivity index (χ0) is 14.6. The van der Waals surface area contributed by atoms with E-state index in [2.05, 4.69) is 5.32 Å². The van der Waals surface area contributed by atoms with E-state index in [0.717, 1.165) is 0 Å². The number of carbonyl (C=O) groups is 2. The molecule has 110 valence electrons. The summed E-state index contributed by atoms with van der Waals surface area (Å²) in [4.78, 5) is 25.3. The smallest absolute Gasteiger partial charge is 0.410 e. The number of hydrogen-bond acceptors (Lipinski definition) is 5. The van der Waals surface area contributed by atoms with Crippen LogP contribution in [-0.2, 0) is 14.3 Å². The molecule has 1 rings (SSSR count). The van der Waals surface area contributed by atoms with Crippen molar-refractivity contribution in [2.24, 2.45) is 0 Å². The highest BCUT2D eigenvalue weighted by Crippen LogP contribution is 2.15. The number of ether oxygens (including phenoxy) is 2. The monoisotopic (exact) mass is 272 g/mol. The van der Waals surface area contributed by atoms with E-state index in [1.165, 1.54) is 0 Å². The van der Waals surface area contributed by atoms with E-state index >= 15 is 0 Å². The maximum Gasteiger partial charge on any atom is 0.410 e. The molecule has 0 unspecified atom stereocenters. The molecule has 6 heteroatoms. The highest BCUT2D eigenvalue weighted by molar-refractivity contribution is 5.78. The molecule has 0 aromatic heterocycles. The van der Waals surface area contributed by atoms with Crippen LogP contribution in [0, 0.1) is 0 Å². The Morgan fingerprint density at radius 2 is 2.00 bits per heavy atom. The van der Waals surface area contributed by atoms with Gasteiger partial charge in [0.2, 0.25) is 0 Å². The molecule has 2 atom stereocenters. The molecule has 0 aromatic rings. The first-order chi connectivity index (χ1) is 8.74. The summed E-state index contributed by atoms with van der Waals surface area (Å²) >= 11 is 0. The Morgan fingerprint density at radius 1 is 1.37 bits per heavy atom. The van der Waals surface area contributed by atoms with Crippen molar-refractivity contribution in [2.75, 3.05) is 19.7 Å². The normalized spacial score (nSPS) is 23.9. The van der Waals surface area contributed by atoms with Crippen molar-refractivity contribution in [3.05, 3.63) is 0 Å². The average molecular weight is 272 g/mol. The molecule has 1 aliphatic rings. The number of hydrogen-bond donors (Lipinski definition) is 1. The molecule has 0 aliphatic carbocycles. The zero-order valence-corrected chi connectivity index (χ0v) is 12.4. The molecule has 1 heterocycles. The lowest BCUT2D eigenvalue weighted by molar-refractivity contribution is -0.147. The van der Waals surface area contributed by atoms with Gasteiger partial charge < -0.3 is 19.7 Å². The summed E-state index contributed by atoms with van der Waals surface area (Å²) in [5, 5.41) is 3.08. The predicted octanol–water partition coefficient (Wildman–Crippen LogP) is 1.15. The molecule has 0 aromatic carbocycles. The van der Waals surface area contributed by atoms with Gasteiger partial charge in [0.15, 0.2) is 0 Å². The number of nitrogens with one attached hydrogen (secondary N) is 1. The zero-order valence-electron chi connectivity index (χ0n) is 12.4. The molecule has 1 N–H and O–H groups in total. The van der Waals surface area contributed by atoms with Crippen molar-refractivity contribution in [3.63, 3.8) is 0 Å². The SMILES string of the molecule is CCOC(=O)[C@@H]1CN(C(=O)OC(C)(C)C)[C@H](C)CN1. The van der Waals surface area contributed by atoms with Crippen molar-refractivity contribution < 1.29 is 19.1 Å². The van der Waals surface area contributed by atoms with E-state index in [1.54, 1.807) is 11.8 Å². The van der Waals surface area contributed by atoms with Gasteiger partial charge in [-0.05, 0) is 34.6 Å². The Bertz CT molecular complexity index is 338. The Morgan fingerprint density at radius 3 is 2.53 bits per heavy atom. The molecule has 0 bridgehead atoms. The number of amides is 1. The minimum Gasteiger partial charge on any atom is -0.465 e. The number of esters is 1. The largest absolute Gasteiger partial charge is 0.465 e. The second kappa shape index (κ2) is 6.23. The van der Waals surface area contributed by atoms with E-state index in [9.17, 15) is 9.59 Å². The predicted molar refractivity (Wildman–Crippen MR) is 70.8 cm³/mol. The summed E-state index contributed by atoms with van der Waals surface area (Å²) in [5.41, 5.74) is -0.541. The third-order valence-corrected chi connectivity index (χ3v) is 2.77. The van der Waals surface area contributed by atoms with E-state index in [4.69, 9.17) is 9.47 Å². The topological polar surface area (TPSA) is 67.9 Å². The molecule has 0 spiro atoms. The Labute approximate surface area is 114 Å². The fourth-order valence-electron chi connectivity index (χ4n) is 1.84. The lowest BCUT2D eigenvalue weighted by Gasteiger charge is -2.38. The van der Waals surface area contributed by atoms with Crippen LogP contribution in [-0.4, -0.2) is 54.3 Å². The van der Waals surface area contributed by atoms with Crippen LogP contribution in [0.2, 0.25) is 0 Å². The fourth-order valence-corrected chi connectivity index (χ4v) is 1.84. The van der Waals surface area contributed by atoms with E-state index in [-0.39, 0.29) is 18.6 Å². The van der Waals surface area contributed by atoms with Gasteiger partial charge in [-0.2, -0.15) is 0 Å². The molecule has 6 nitrogen and oxygen atoms in total. The average Bonchev–Trinajstić information content (AvgIpc) is 2.27.